The Bertz CT molecular complexity index is 449. The molecule has 0 fully saturated rings. The van der Waals surface area contributed by atoms with Crippen molar-refractivity contribution >= 4 is 27.7 Å². The summed E-state index contributed by atoms with van der Waals surface area (Å²) in [6, 6.07) is 6.72. The van der Waals surface area contributed by atoms with Gasteiger partial charge < -0.3 is 0 Å². The van der Waals surface area contributed by atoms with E-state index >= 15 is 0 Å². The third-order valence-corrected chi connectivity index (χ3v) is 2.19. The van der Waals surface area contributed by atoms with Crippen molar-refractivity contribution in [1.29, 1.82) is 5.26 Å². The number of hydrogen-bond donors (Lipinski definition) is 0. The average molecular weight is 267 g/mol. The van der Waals surface area contributed by atoms with E-state index in [1.54, 1.807) is 24.3 Å². The topological polar surface area (TPSA) is 66.9 Å². The monoisotopic (exact) mass is 266 g/mol. The van der Waals surface area contributed by atoms with E-state index in [9.17, 15) is 10.1 Å². The molecule has 76 valence electrons. The molecule has 4 nitrogen and oxygen atoms in total. The second kappa shape index (κ2) is 5.27. The molecule has 15 heavy (non-hydrogen) atoms. The summed E-state index contributed by atoms with van der Waals surface area (Å²) in [4.78, 5) is 10.2. The van der Waals surface area contributed by atoms with E-state index in [0.717, 1.165) is 0 Å². The van der Waals surface area contributed by atoms with Crippen molar-refractivity contribution in [3.8, 4) is 6.07 Å². The van der Waals surface area contributed by atoms with E-state index in [-0.39, 0.29) is 12.1 Å². The highest BCUT2D eigenvalue weighted by molar-refractivity contribution is 9.10. The van der Waals surface area contributed by atoms with Gasteiger partial charge in [-0.25, -0.2) is 0 Å². The molecule has 1 aromatic carbocycles. The van der Waals surface area contributed by atoms with Gasteiger partial charge in [-0.3, -0.25) is 10.1 Å². The highest BCUT2D eigenvalue weighted by Crippen LogP contribution is 2.24. The summed E-state index contributed by atoms with van der Waals surface area (Å²) >= 11 is 3.17. The first-order valence-electron chi connectivity index (χ1n) is 4.12. The summed E-state index contributed by atoms with van der Waals surface area (Å²) in [7, 11) is 0. The van der Waals surface area contributed by atoms with Gasteiger partial charge in [0.1, 0.15) is 0 Å². The van der Waals surface area contributed by atoms with Crippen LogP contribution in [0.3, 0.4) is 0 Å². The van der Waals surface area contributed by atoms with Gasteiger partial charge in [0.15, 0.2) is 0 Å². The number of benzene rings is 1. The number of nitriles is 1. The molecule has 0 atom stereocenters. The molecule has 1 rings (SSSR count). The van der Waals surface area contributed by atoms with Crippen LogP contribution < -0.4 is 0 Å². The third-order valence-electron chi connectivity index (χ3n) is 1.70. The van der Waals surface area contributed by atoms with E-state index in [2.05, 4.69) is 15.9 Å². The van der Waals surface area contributed by atoms with Crippen molar-refractivity contribution in [3.05, 3.63) is 44.4 Å². The molecule has 0 radical (unpaired) electrons. The Morgan fingerprint density at radius 1 is 1.60 bits per heavy atom. The van der Waals surface area contributed by atoms with Crippen molar-refractivity contribution in [2.45, 2.75) is 6.42 Å². The van der Waals surface area contributed by atoms with Crippen LogP contribution in [0.15, 0.2) is 28.7 Å². The second-order valence-electron chi connectivity index (χ2n) is 2.72. The summed E-state index contributed by atoms with van der Waals surface area (Å²) in [6.07, 6.45) is 3.41. The molecular weight excluding hydrogens is 260 g/mol. The number of nitro benzene ring substituents is 1. The van der Waals surface area contributed by atoms with Gasteiger partial charge in [0, 0.05) is 10.5 Å². The molecule has 0 aliphatic heterocycles. The lowest BCUT2D eigenvalue weighted by atomic mass is 10.1. The fourth-order valence-electron chi connectivity index (χ4n) is 1.05. The smallest absolute Gasteiger partial charge is 0.258 e. The summed E-state index contributed by atoms with van der Waals surface area (Å²) < 4.78 is 0.659. The molecule has 1 aromatic rings. The van der Waals surface area contributed by atoms with Crippen LogP contribution in [0.5, 0.6) is 0 Å². The van der Waals surface area contributed by atoms with Gasteiger partial charge in [-0.05, 0) is 12.1 Å². The minimum Gasteiger partial charge on any atom is -0.258 e. The van der Waals surface area contributed by atoms with Crippen LogP contribution in [-0.4, -0.2) is 4.92 Å². The van der Waals surface area contributed by atoms with Gasteiger partial charge in [0.2, 0.25) is 0 Å². The van der Waals surface area contributed by atoms with Crippen molar-refractivity contribution in [1.82, 2.24) is 0 Å². The van der Waals surface area contributed by atoms with Crippen LogP contribution in [0, 0.1) is 21.4 Å². The summed E-state index contributed by atoms with van der Waals surface area (Å²) in [5, 5.41) is 19.0. The standard InChI is InChI=1S/C10H7BrN2O2/c11-9-5-4-8(3-1-2-6-12)10(7-9)13(14)15/h1,3-5,7H,2H2. The Hall–Kier alpha value is -1.67. The van der Waals surface area contributed by atoms with E-state index in [1.165, 1.54) is 6.07 Å². The number of allylic oxidation sites excluding steroid dienone is 1. The van der Waals surface area contributed by atoms with Gasteiger partial charge in [0.05, 0.1) is 23.0 Å². The SMILES string of the molecule is N#CCC=Cc1ccc(Br)cc1[N+](=O)[O-]. The van der Waals surface area contributed by atoms with E-state index < -0.39 is 4.92 Å². The Labute approximate surface area is 95.1 Å². The zero-order valence-electron chi connectivity index (χ0n) is 7.68. The van der Waals surface area contributed by atoms with Crippen molar-refractivity contribution in [2.24, 2.45) is 0 Å². The van der Waals surface area contributed by atoms with Crippen LogP contribution in [0.1, 0.15) is 12.0 Å². The molecule has 0 aliphatic carbocycles. The highest BCUT2D eigenvalue weighted by Gasteiger charge is 2.11. The zero-order valence-corrected chi connectivity index (χ0v) is 9.27. The molecular formula is C10H7BrN2O2. The number of hydrogen-bond acceptors (Lipinski definition) is 3. The first kappa shape index (κ1) is 11.4. The van der Waals surface area contributed by atoms with Crippen LogP contribution in [0.2, 0.25) is 0 Å². The van der Waals surface area contributed by atoms with Crippen LogP contribution in [-0.2, 0) is 0 Å². The summed E-state index contributed by atoms with van der Waals surface area (Å²) in [5.41, 5.74) is 0.525. The Morgan fingerprint density at radius 2 is 2.33 bits per heavy atom. The van der Waals surface area contributed by atoms with E-state index in [0.29, 0.717) is 10.0 Å². The fraction of sp³-hybridized carbons (Fsp3) is 0.100. The maximum absolute atomic E-state index is 10.7. The second-order valence-corrected chi connectivity index (χ2v) is 3.64. The molecule has 0 aromatic heterocycles. The summed E-state index contributed by atoms with van der Waals surface area (Å²) in [5.74, 6) is 0. The highest BCUT2D eigenvalue weighted by atomic mass is 79.9. The van der Waals surface area contributed by atoms with Crippen LogP contribution >= 0.6 is 15.9 Å². The lowest BCUT2D eigenvalue weighted by Crippen LogP contribution is -1.91. The van der Waals surface area contributed by atoms with E-state index in [4.69, 9.17) is 5.26 Å². The predicted octanol–water partition coefficient (Wildman–Crippen LogP) is 3.28. The molecule has 0 aliphatic rings. The molecule has 0 spiro atoms. The maximum atomic E-state index is 10.7. The minimum atomic E-state index is -0.448. The van der Waals surface area contributed by atoms with Crippen molar-refractivity contribution in [3.63, 3.8) is 0 Å². The predicted molar refractivity (Wildman–Crippen MR) is 60.1 cm³/mol. The van der Waals surface area contributed by atoms with E-state index in [1.807, 2.05) is 6.07 Å². The molecule has 5 heteroatoms. The Morgan fingerprint density at radius 3 is 2.93 bits per heavy atom. The zero-order chi connectivity index (χ0) is 11.3. The molecule has 0 saturated heterocycles. The fourth-order valence-corrected chi connectivity index (χ4v) is 1.40. The van der Waals surface area contributed by atoms with Gasteiger partial charge in [-0.15, -0.1) is 0 Å². The van der Waals surface area contributed by atoms with Gasteiger partial charge in [0.25, 0.3) is 5.69 Å². The summed E-state index contributed by atoms with van der Waals surface area (Å²) in [6.45, 7) is 0. The number of halogens is 1. The first-order valence-corrected chi connectivity index (χ1v) is 4.92. The quantitative estimate of drug-likeness (QED) is 0.623. The molecule has 0 saturated carbocycles. The van der Waals surface area contributed by atoms with Gasteiger partial charge in [-0.2, -0.15) is 5.26 Å². The molecule has 0 N–H and O–H groups in total. The maximum Gasteiger partial charge on any atom is 0.277 e. The molecule has 0 unspecified atom stereocenters. The number of nitro groups is 1. The number of nitrogens with zero attached hydrogens (tertiary/aromatic N) is 2. The number of rotatable bonds is 3. The largest absolute Gasteiger partial charge is 0.277 e. The van der Waals surface area contributed by atoms with Gasteiger partial charge >= 0.3 is 0 Å². The molecule has 0 amide bonds. The van der Waals surface area contributed by atoms with Crippen molar-refractivity contribution in [2.75, 3.05) is 0 Å². The minimum absolute atomic E-state index is 0.0264. The van der Waals surface area contributed by atoms with Gasteiger partial charge in [-0.1, -0.05) is 28.1 Å². The first-order chi connectivity index (χ1) is 7.15. The molecule has 0 bridgehead atoms. The normalized spacial score (nSPS) is 10.1. The van der Waals surface area contributed by atoms with Crippen LogP contribution in [0.4, 0.5) is 5.69 Å². The third kappa shape index (κ3) is 3.18. The van der Waals surface area contributed by atoms with Crippen LogP contribution in [0.25, 0.3) is 6.08 Å². The molecule has 0 heterocycles. The van der Waals surface area contributed by atoms with Crippen molar-refractivity contribution < 1.29 is 4.92 Å². The Kier molecular flexibility index (Phi) is 4.01. The lowest BCUT2D eigenvalue weighted by Gasteiger charge is -1.97. The Balaban J connectivity index is 3.07. The lowest BCUT2D eigenvalue weighted by molar-refractivity contribution is -0.385. The average Bonchev–Trinajstić information content (AvgIpc) is 2.20.